The number of ether oxygens (including phenoxy) is 5. The van der Waals surface area contributed by atoms with Gasteiger partial charge in [0.25, 0.3) is 11.8 Å². The van der Waals surface area contributed by atoms with Gasteiger partial charge in [-0.25, -0.2) is 9.97 Å². The fraction of sp³-hybridized carbons (Fsp3) is 0.427. The lowest BCUT2D eigenvalue weighted by Gasteiger charge is -2.63. The Bertz CT molecular complexity index is 5740. The summed E-state index contributed by atoms with van der Waals surface area (Å²) in [6.45, 7) is 35.9. The number of Topliss-reactive ketones (excluding diaryl/α,β-unsaturated/α-hetero) is 3. The van der Waals surface area contributed by atoms with E-state index >= 15 is 0 Å². The zero-order valence-electron chi connectivity index (χ0n) is 83.6. The van der Waals surface area contributed by atoms with Crippen molar-refractivity contribution in [1.29, 1.82) is 26.3 Å². The Kier molecular flexibility index (Phi) is 37.6. The molecule has 8 aromatic carbocycles. The first-order chi connectivity index (χ1) is 66.6. The van der Waals surface area contributed by atoms with Crippen molar-refractivity contribution in [3.05, 3.63) is 306 Å². The van der Waals surface area contributed by atoms with Crippen molar-refractivity contribution < 1.29 is 47.7 Å². The van der Waals surface area contributed by atoms with E-state index in [9.17, 15) is 24.0 Å². The second-order valence-corrected chi connectivity index (χ2v) is 42.6. The number of nitriles is 5. The minimum atomic E-state index is -0.231. The number of rotatable bonds is 27. The van der Waals surface area contributed by atoms with E-state index in [2.05, 4.69) is 167 Å². The zero-order chi connectivity index (χ0) is 102. The highest BCUT2D eigenvalue weighted by Gasteiger charge is 2.65. The molecule has 730 valence electrons. The number of ketones is 3. The largest absolute Gasteiger partial charge is 0.490 e. The van der Waals surface area contributed by atoms with E-state index in [1.165, 1.54) is 11.1 Å². The monoisotopic (exact) mass is 1940 g/mol. The predicted molar refractivity (Wildman–Crippen MR) is 550 cm³/mol. The minimum Gasteiger partial charge on any atom is -0.490 e. The lowest BCUT2D eigenvalue weighted by atomic mass is 9.49. The smallest absolute Gasteiger partial charge is 0.251 e. The molecule has 23 heteroatoms. The topological polar surface area (TPSA) is 313 Å². The third-order valence-electron chi connectivity index (χ3n) is 27.9. The van der Waals surface area contributed by atoms with Gasteiger partial charge < -0.3 is 34.3 Å². The number of nitrogens with zero attached hydrogens (tertiary/aromatic N) is 8. The summed E-state index contributed by atoms with van der Waals surface area (Å²) in [6.07, 6.45) is 18.4. The number of hydrogen-bond acceptors (Lipinski definition) is 18. The third kappa shape index (κ3) is 28.6. The van der Waals surface area contributed by atoms with Crippen molar-refractivity contribution in [1.82, 2.24) is 25.6 Å². The summed E-state index contributed by atoms with van der Waals surface area (Å²) in [5.74, 6) is 6.97. The number of benzene rings is 8. The molecule has 0 unspecified atom stereocenters. The second kappa shape index (κ2) is 48.9. The molecule has 2 heterocycles. The molecule has 15 rings (SSSR count). The number of carbonyl (C=O) groups is 5. The molecule has 2 N–H and O–H groups in total. The summed E-state index contributed by atoms with van der Waals surface area (Å²) in [5, 5.41) is 52.4. The first-order valence-electron chi connectivity index (χ1n) is 48.8. The van der Waals surface area contributed by atoms with Crippen LogP contribution in [0.1, 0.15) is 339 Å². The Balaban J connectivity index is 0.000000167. The van der Waals surface area contributed by atoms with Gasteiger partial charge in [-0.1, -0.05) is 200 Å². The van der Waals surface area contributed by atoms with Gasteiger partial charge in [-0.05, 0) is 263 Å². The summed E-state index contributed by atoms with van der Waals surface area (Å²) in [6, 6.07) is 67.5. The van der Waals surface area contributed by atoms with Gasteiger partial charge in [-0.2, -0.15) is 26.3 Å². The Morgan fingerprint density at radius 3 is 0.950 bits per heavy atom. The lowest BCUT2D eigenvalue weighted by Crippen LogP contribution is -2.74. The number of aromatic nitrogens is 3. The van der Waals surface area contributed by atoms with Gasteiger partial charge in [0.15, 0.2) is 23.2 Å². The van der Waals surface area contributed by atoms with Crippen molar-refractivity contribution in [2.75, 3.05) is 0 Å². The van der Waals surface area contributed by atoms with Crippen LogP contribution < -0.4 is 34.3 Å². The van der Waals surface area contributed by atoms with Gasteiger partial charge in [-0.3, -0.25) is 29.0 Å². The Hall–Kier alpha value is -12.7. The SMILES string of the molecule is CC(C)c1ccc(C(=O)CC2CCC(Oc3ccc(C#N)c(Cl)c3)CC2)cc1.CC(C)c1ccc(C(=O)CC2CCC(Oc3ccc(C#N)c(Cl)c3)CC2)cn1.CC(C)c1ccc(C(=O)NC2C(C)(C)C(Oc3ccc(C#N)cc3)C2(C)C)cc1.CC(C)c1cnc(C(=O)CC2CCC(Oc3ccc(C#N)c(Cl)c3)CC2)nc1.Cc1ccc(C(=O)NC2C(C)(C)C(Oc3ccc(C#N)cc3)C2(C)C)cc1. The Morgan fingerprint density at radius 1 is 0.343 bits per heavy atom. The molecule has 5 fully saturated rings. The van der Waals surface area contributed by atoms with E-state index in [0.717, 1.165) is 111 Å². The van der Waals surface area contributed by atoms with E-state index in [1.54, 1.807) is 97.5 Å². The Morgan fingerprint density at radius 2 is 0.650 bits per heavy atom. The van der Waals surface area contributed by atoms with Gasteiger partial charge in [0.2, 0.25) is 0 Å². The van der Waals surface area contributed by atoms with E-state index in [4.69, 9.17) is 84.8 Å². The molecule has 10 aromatic rings. The molecule has 0 atom stereocenters. The number of carbonyl (C=O) groups excluding carboxylic acids is 5. The van der Waals surface area contributed by atoms with Gasteiger partial charge in [0, 0.05) is 118 Å². The molecule has 2 amide bonds. The molecule has 140 heavy (non-hydrogen) atoms. The minimum absolute atomic E-state index is 0.0119. The van der Waals surface area contributed by atoms with Crippen LogP contribution in [-0.4, -0.2) is 86.7 Å². The van der Waals surface area contributed by atoms with E-state index < -0.39 is 0 Å². The van der Waals surface area contributed by atoms with Gasteiger partial charge in [-0.15, -0.1) is 0 Å². The molecule has 0 spiro atoms. The fourth-order valence-corrected chi connectivity index (χ4v) is 20.7. The highest BCUT2D eigenvalue weighted by atomic mass is 35.5. The summed E-state index contributed by atoms with van der Waals surface area (Å²) < 4.78 is 30.6. The number of pyridine rings is 1. The van der Waals surface area contributed by atoms with E-state index in [-0.39, 0.29) is 93.4 Å². The number of nitrogens with one attached hydrogen (secondary N) is 2. The molecule has 5 aliphatic carbocycles. The molecule has 0 saturated heterocycles. The van der Waals surface area contributed by atoms with Crippen LogP contribution in [0.5, 0.6) is 28.7 Å². The standard InChI is InChI=1S/C25H30N2O2.C24H26ClNO2.C23H25ClN2O2.C23H26N2O2.C22H24ClN3O2/c1-16(2)18-9-11-19(12-10-18)21(28)27-22-24(3,4)23(25(22,5)6)29-20-13-7-17(15-26)8-14-20;1-16(2)18-5-7-19(8-6-18)24(27)13-17-3-10-21(11-4-17)28-22-12-9-20(15-26)23(25)14-22;1-15(2)22-10-6-18(14-26-22)23(27)11-16-3-7-19(8-4-16)28-20-9-5-17(13-25)21(24)12-20;1-15-6-10-17(11-7-15)19(26)25-20-22(2,3)21(23(20,4)5)27-18-12-8-16(14-24)9-13-18;1-14(2)17-12-25-22(26-13-17)21(27)9-15-3-6-18(7-4-15)28-19-8-5-16(11-24)20(23)10-19/h7-14,16,22-23H,1-6H3,(H,27,28);5-9,12,14,16-17,21H,3-4,10-11,13H2,1-2H3;5-6,9-10,12,14-16,19H,3-4,7-8,11H2,1-2H3;6-13,20-21H,1-5H3,(H,25,26);5,8,10,12-15,18H,3-4,6-7,9H2,1-2H3. The zero-order valence-corrected chi connectivity index (χ0v) is 85.9. The van der Waals surface area contributed by atoms with Gasteiger partial charge in [0.05, 0.1) is 73.3 Å². The molecule has 0 aliphatic heterocycles. The van der Waals surface area contributed by atoms with Crippen LogP contribution >= 0.6 is 34.8 Å². The molecule has 0 bridgehead atoms. The maximum Gasteiger partial charge on any atom is 0.251 e. The van der Waals surface area contributed by atoms with Crippen LogP contribution in [0.3, 0.4) is 0 Å². The van der Waals surface area contributed by atoms with Crippen LogP contribution in [0.4, 0.5) is 0 Å². The first kappa shape index (κ1) is 108. The van der Waals surface area contributed by atoms with Crippen molar-refractivity contribution in [3.63, 3.8) is 0 Å². The maximum atomic E-state index is 12.9. The molecule has 5 saturated carbocycles. The van der Waals surface area contributed by atoms with E-state index in [1.807, 2.05) is 116 Å². The highest BCUT2D eigenvalue weighted by Crippen LogP contribution is 2.57. The number of aryl methyl sites for hydroxylation is 1. The average molecular weight is 1940 g/mol. The molecular weight excluding hydrogens is 1810 g/mol. The molecule has 2 aromatic heterocycles. The highest BCUT2D eigenvalue weighted by molar-refractivity contribution is 6.32. The summed E-state index contributed by atoms with van der Waals surface area (Å²) in [7, 11) is 0. The molecule has 20 nitrogen and oxygen atoms in total. The van der Waals surface area contributed by atoms with Crippen LogP contribution in [0.25, 0.3) is 0 Å². The fourth-order valence-electron chi connectivity index (χ4n) is 20.0. The normalized spacial score (nSPS) is 20.3. The van der Waals surface area contributed by atoms with Crippen molar-refractivity contribution in [2.45, 2.75) is 280 Å². The van der Waals surface area contributed by atoms with Crippen molar-refractivity contribution in [2.24, 2.45) is 39.4 Å². The second-order valence-electron chi connectivity index (χ2n) is 41.3. The van der Waals surface area contributed by atoms with Crippen molar-refractivity contribution in [3.8, 4) is 59.1 Å². The van der Waals surface area contributed by atoms with Crippen LogP contribution in [-0.2, 0) is 0 Å². The summed E-state index contributed by atoms with van der Waals surface area (Å²) in [5.41, 5.74) is 10.2. The summed E-state index contributed by atoms with van der Waals surface area (Å²) in [4.78, 5) is 76.0. The van der Waals surface area contributed by atoms with E-state index in [0.29, 0.717) is 143 Å². The molecule has 5 aliphatic rings. The number of hydrogen-bond donors (Lipinski definition) is 2. The predicted octanol–water partition coefficient (Wildman–Crippen LogP) is 27.6. The van der Waals surface area contributed by atoms with Crippen molar-refractivity contribution >= 4 is 64.0 Å². The lowest BCUT2D eigenvalue weighted by molar-refractivity contribution is -0.164. The van der Waals surface area contributed by atoms with Gasteiger partial charge in [0.1, 0.15) is 59.2 Å². The average Bonchev–Trinajstić information content (AvgIpc) is 0.709. The molecule has 0 radical (unpaired) electrons. The number of halogens is 3. The summed E-state index contributed by atoms with van der Waals surface area (Å²) >= 11 is 18.2. The first-order valence-corrected chi connectivity index (χ1v) is 49.9. The molecular formula is C117H131Cl3N10O10. The maximum absolute atomic E-state index is 12.9. The third-order valence-corrected chi connectivity index (χ3v) is 28.9. The van der Waals surface area contributed by atoms with Crippen LogP contribution in [0.2, 0.25) is 15.1 Å². The quantitative estimate of drug-likeness (QED) is 0.0452. The van der Waals surface area contributed by atoms with Crippen LogP contribution in [0, 0.1) is 103 Å². The Labute approximate surface area is 842 Å². The van der Waals surface area contributed by atoms with Gasteiger partial charge >= 0.3 is 0 Å². The van der Waals surface area contributed by atoms with Crippen LogP contribution in [0.15, 0.2) is 207 Å². The number of amides is 2.